The number of rotatable bonds is 6. The summed E-state index contributed by atoms with van der Waals surface area (Å²) in [6.45, 7) is 11.6. The minimum Gasteiger partial charge on any atom is -0.490 e. The second-order valence-corrected chi connectivity index (χ2v) is 5.29. The zero-order valence-corrected chi connectivity index (χ0v) is 12.1. The Morgan fingerprint density at radius 2 is 1.78 bits per heavy atom. The summed E-state index contributed by atoms with van der Waals surface area (Å²) in [4.78, 5) is 0. The monoisotopic (exact) mass is 251 g/mol. The Labute approximate surface area is 110 Å². The fourth-order valence-electron chi connectivity index (χ4n) is 2.07. The molecule has 0 spiro atoms. The van der Waals surface area contributed by atoms with E-state index in [1.165, 1.54) is 5.56 Å². The van der Waals surface area contributed by atoms with Gasteiger partial charge in [0.15, 0.2) is 0 Å². The van der Waals surface area contributed by atoms with E-state index in [1.54, 1.807) is 6.92 Å². The highest BCUT2D eigenvalue weighted by atomic mass is 16.5. The number of benzene rings is 1. The van der Waals surface area contributed by atoms with Gasteiger partial charge in [-0.1, -0.05) is 24.6 Å². The first kappa shape index (κ1) is 15.0. The zero-order chi connectivity index (χ0) is 13.8. The minimum absolute atomic E-state index is 0.296. The van der Waals surface area contributed by atoms with Crippen molar-refractivity contribution in [3.8, 4) is 5.75 Å². The van der Waals surface area contributed by atoms with Gasteiger partial charge in [0.2, 0.25) is 0 Å². The van der Waals surface area contributed by atoms with Crippen LogP contribution in [0, 0.1) is 20.8 Å². The SMILES string of the molecule is CCNCC(C)(O)COc1c(C)cc(C)cc1C. The van der Waals surface area contributed by atoms with Gasteiger partial charge >= 0.3 is 0 Å². The van der Waals surface area contributed by atoms with E-state index in [1.807, 2.05) is 20.8 Å². The second kappa shape index (κ2) is 6.21. The first-order chi connectivity index (χ1) is 8.35. The molecule has 0 aromatic heterocycles. The summed E-state index contributed by atoms with van der Waals surface area (Å²) < 4.78 is 5.79. The fraction of sp³-hybridized carbons (Fsp3) is 0.600. The van der Waals surface area contributed by atoms with Crippen LogP contribution in [0.25, 0.3) is 0 Å². The van der Waals surface area contributed by atoms with Crippen molar-refractivity contribution in [3.63, 3.8) is 0 Å². The van der Waals surface area contributed by atoms with Crippen LogP contribution in [0.3, 0.4) is 0 Å². The van der Waals surface area contributed by atoms with Crippen molar-refractivity contribution in [1.29, 1.82) is 0 Å². The maximum atomic E-state index is 10.2. The quantitative estimate of drug-likeness (QED) is 0.815. The van der Waals surface area contributed by atoms with E-state index >= 15 is 0 Å². The van der Waals surface area contributed by atoms with Crippen molar-refractivity contribution in [2.24, 2.45) is 0 Å². The third-order valence-electron chi connectivity index (χ3n) is 2.89. The van der Waals surface area contributed by atoms with Gasteiger partial charge in [-0.2, -0.15) is 0 Å². The maximum Gasteiger partial charge on any atom is 0.125 e. The molecular weight excluding hydrogens is 226 g/mol. The molecule has 1 rings (SSSR count). The van der Waals surface area contributed by atoms with Gasteiger partial charge in [-0.3, -0.25) is 0 Å². The summed E-state index contributed by atoms with van der Waals surface area (Å²) in [6, 6.07) is 4.20. The largest absolute Gasteiger partial charge is 0.490 e. The lowest BCUT2D eigenvalue weighted by molar-refractivity contribution is 0.0123. The van der Waals surface area contributed by atoms with Crippen LogP contribution in [0.5, 0.6) is 5.75 Å². The Morgan fingerprint density at radius 3 is 2.28 bits per heavy atom. The number of aliphatic hydroxyl groups is 1. The molecule has 1 unspecified atom stereocenters. The van der Waals surface area contributed by atoms with Gasteiger partial charge in [-0.05, 0) is 45.4 Å². The zero-order valence-electron chi connectivity index (χ0n) is 12.1. The number of ether oxygens (including phenoxy) is 1. The Kier molecular flexibility index (Phi) is 5.17. The average Bonchev–Trinajstić information content (AvgIpc) is 2.24. The summed E-state index contributed by atoms with van der Waals surface area (Å²) in [7, 11) is 0. The number of likely N-dealkylation sites (N-methyl/N-ethyl adjacent to an activating group) is 1. The molecule has 0 fully saturated rings. The first-order valence-corrected chi connectivity index (χ1v) is 6.49. The Bertz CT molecular complexity index is 376. The molecule has 1 aromatic carbocycles. The van der Waals surface area contributed by atoms with Crippen LogP contribution in [0.4, 0.5) is 0 Å². The van der Waals surface area contributed by atoms with Crippen LogP contribution < -0.4 is 10.1 Å². The molecule has 0 amide bonds. The number of nitrogens with one attached hydrogen (secondary N) is 1. The molecular formula is C15H25NO2. The molecule has 0 aliphatic carbocycles. The topological polar surface area (TPSA) is 41.5 Å². The first-order valence-electron chi connectivity index (χ1n) is 6.49. The van der Waals surface area contributed by atoms with E-state index in [-0.39, 0.29) is 0 Å². The third kappa shape index (κ3) is 4.31. The summed E-state index contributed by atoms with van der Waals surface area (Å²) in [5.74, 6) is 0.886. The molecule has 3 nitrogen and oxygen atoms in total. The van der Waals surface area contributed by atoms with Gasteiger partial charge in [0.05, 0.1) is 0 Å². The Balaban J connectivity index is 2.69. The number of hydrogen-bond acceptors (Lipinski definition) is 3. The van der Waals surface area contributed by atoms with Crippen LogP contribution in [0.1, 0.15) is 30.5 Å². The Morgan fingerprint density at radius 1 is 1.22 bits per heavy atom. The normalized spacial score (nSPS) is 14.3. The predicted molar refractivity (Wildman–Crippen MR) is 75.3 cm³/mol. The van der Waals surface area contributed by atoms with Crippen molar-refractivity contribution in [2.75, 3.05) is 19.7 Å². The number of hydrogen-bond donors (Lipinski definition) is 2. The van der Waals surface area contributed by atoms with Crippen LogP contribution in [-0.4, -0.2) is 30.4 Å². The van der Waals surface area contributed by atoms with Gasteiger partial charge < -0.3 is 15.2 Å². The van der Waals surface area contributed by atoms with Crippen molar-refractivity contribution < 1.29 is 9.84 Å². The van der Waals surface area contributed by atoms with Gasteiger partial charge in [0, 0.05) is 6.54 Å². The van der Waals surface area contributed by atoms with E-state index in [0.717, 1.165) is 23.4 Å². The summed E-state index contributed by atoms with van der Waals surface area (Å²) in [6.07, 6.45) is 0. The highest BCUT2D eigenvalue weighted by Gasteiger charge is 2.21. The molecule has 0 bridgehead atoms. The van der Waals surface area contributed by atoms with Crippen LogP contribution in [-0.2, 0) is 0 Å². The Hall–Kier alpha value is -1.06. The van der Waals surface area contributed by atoms with E-state index < -0.39 is 5.60 Å². The molecule has 0 heterocycles. The van der Waals surface area contributed by atoms with E-state index in [4.69, 9.17) is 4.74 Å². The van der Waals surface area contributed by atoms with Crippen molar-refractivity contribution >= 4 is 0 Å². The highest BCUT2D eigenvalue weighted by Crippen LogP contribution is 2.25. The maximum absolute atomic E-state index is 10.2. The molecule has 1 atom stereocenters. The molecule has 0 aliphatic rings. The lowest BCUT2D eigenvalue weighted by Crippen LogP contribution is -2.42. The van der Waals surface area contributed by atoms with E-state index in [9.17, 15) is 5.11 Å². The van der Waals surface area contributed by atoms with Crippen LogP contribution >= 0.6 is 0 Å². The molecule has 1 aromatic rings. The minimum atomic E-state index is -0.847. The van der Waals surface area contributed by atoms with Crippen molar-refractivity contribution in [3.05, 3.63) is 28.8 Å². The lowest BCUT2D eigenvalue weighted by atomic mass is 10.1. The third-order valence-corrected chi connectivity index (χ3v) is 2.89. The molecule has 3 heteroatoms. The molecule has 0 saturated carbocycles. The summed E-state index contributed by atoms with van der Waals surface area (Å²) in [5.41, 5.74) is 2.62. The van der Waals surface area contributed by atoms with Gasteiger partial charge in [-0.15, -0.1) is 0 Å². The average molecular weight is 251 g/mol. The second-order valence-electron chi connectivity index (χ2n) is 5.29. The molecule has 18 heavy (non-hydrogen) atoms. The van der Waals surface area contributed by atoms with Crippen LogP contribution in [0.15, 0.2) is 12.1 Å². The van der Waals surface area contributed by atoms with Crippen molar-refractivity contribution in [1.82, 2.24) is 5.32 Å². The van der Waals surface area contributed by atoms with Gasteiger partial charge in [0.25, 0.3) is 0 Å². The highest BCUT2D eigenvalue weighted by molar-refractivity contribution is 5.42. The smallest absolute Gasteiger partial charge is 0.125 e. The predicted octanol–water partition coefficient (Wildman–Crippen LogP) is 2.35. The summed E-state index contributed by atoms with van der Waals surface area (Å²) >= 11 is 0. The fourth-order valence-corrected chi connectivity index (χ4v) is 2.07. The van der Waals surface area contributed by atoms with Gasteiger partial charge in [-0.25, -0.2) is 0 Å². The van der Waals surface area contributed by atoms with E-state index in [2.05, 4.69) is 24.4 Å². The van der Waals surface area contributed by atoms with Crippen LogP contribution in [0.2, 0.25) is 0 Å². The molecule has 102 valence electrons. The molecule has 2 N–H and O–H groups in total. The molecule has 0 saturated heterocycles. The summed E-state index contributed by atoms with van der Waals surface area (Å²) in [5, 5.41) is 13.3. The number of aryl methyl sites for hydroxylation is 3. The van der Waals surface area contributed by atoms with E-state index in [0.29, 0.717) is 13.2 Å². The molecule has 0 radical (unpaired) electrons. The molecule has 0 aliphatic heterocycles. The van der Waals surface area contributed by atoms with Gasteiger partial charge in [0.1, 0.15) is 18.0 Å². The lowest BCUT2D eigenvalue weighted by Gasteiger charge is -2.25. The standard InChI is InChI=1S/C15H25NO2/c1-6-16-9-15(5,17)10-18-14-12(3)7-11(2)8-13(14)4/h7-8,16-17H,6,9-10H2,1-5H3. The van der Waals surface area contributed by atoms with Crippen molar-refractivity contribution in [2.45, 2.75) is 40.2 Å².